The minimum absolute atomic E-state index is 0.120. The molecule has 1 N–H and O–H groups in total. The SMILES string of the molecule is CNC(=O)c1cccc(N2C(=O)N(c3nccc(-c4ccc(-n5ncn(C)c5=O)cc4C)c3C)C[C@@H]2C)c1. The second-order valence-corrected chi connectivity index (χ2v) is 9.48. The van der Waals surface area contributed by atoms with Crippen molar-refractivity contribution < 1.29 is 9.59 Å². The first-order valence-corrected chi connectivity index (χ1v) is 12.3. The van der Waals surface area contributed by atoms with Crippen LogP contribution in [0.15, 0.2) is 65.8 Å². The van der Waals surface area contributed by atoms with E-state index in [4.69, 9.17) is 0 Å². The molecule has 10 heteroatoms. The molecule has 0 aliphatic carbocycles. The Labute approximate surface area is 220 Å². The van der Waals surface area contributed by atoms with E-state index in [1.54, 1.807) is 48.3 Å². The van der Waals surface area contributed by atoms with Crippen molar-refractivity contribution in [3.63, 3.8) is 0 Å². The summed E-state index contributed by atoms with van der Waals surface area (Å²) in [4.78, 5) is 46.1. The summed E-state index contributed by atoms with van der Waals surface area (Å²) in [5.41, 5.74) is 5.40. The third kappa shape index (κ3) is 4.13. The number of aromatic nitrogens is 4. The molecule has 0 saturated carbocycles. The molecular formula is C28H29N7O3. The number of nitrogens with one attached hydrogen (secondary N) is 1. The van der Waals surface area contributed by atoms with Gasteiger partial charge in [-0.25, -0.2) is 14.6 Å². The first-order valence-electron chi connectivity index (χ1n) is 12.3. The quantitative estimate of drug-likeness (QED) is 0.442. The number of pyridine rings is 1. The maximum absolute atomic E-state index is 13.6. The van der Waals surface area contributed by atoms with E-state index >= 15 is 0 Å². The van der Waals surface area contributed by atoms with E-state index in [1.807, 2.05) is 51.1 Å². The first-order chi connectivity index (χ1) is 18.2. The average Bonchev–Trinajstić information content (AvgIpc) is 3.40. The standard InChI is InChI=1S/C28H29N7O3/c1-17-13-22(35-27(37)32(5)16-31-35)9-10-23(17)24-11-12-30-25(19(24)3)33-15-18(2)34(28(33)38)21-8-6-7-20(14-21)26(36)29-4/h6-14,16,18H,15H2,1-5H3,(H,29,36)/t18-/m0/s1. The number of rotatable bonds is 5. The van der Waals surface area contributed by atoms with Gasteiger partial charge in [0.25, 0.3) is 5.91 Å². The lowest BCUT2D eigenvalue weighted by Crippen LogP contribution is -2.34. The Morgan fingerprint density at radius 2 is 1.82 bits per heavy atom. The van der Waals surface area contributed by atoms with Crippen LogP contribution in [0.3, 0.4) is 0 Å². The van der Waals surface area contributed by atoms with Crippen molar-refractivity contribution in [3.8, 4) is 16.8 Å². The molecule has 2 aromatic heterocycles. The van der Waals surface area contributed by atoms with Crippen LogP contribution >= 0.6 is 0 Å². The molecule has 194 valence electrons. The molecule has 3 amide bonds. The number of hydrogen-bond acceptors (Lipinski definition) is 5. The Morgan fingerprint density at radius 1 is 1.03 bits per heavy atom. The Morgan fingerprint density at radius 3 is 2.50 bits per heavy atom. The van der Waals surface area contributed by atoms with Crippen LogP contribution in [0.1, 0.15) is 28.4 Å². The lowest BCUT2D eigenvalue weighted by atomic mass is 9.97. The summed E-state index contributed by atoms with van der Waals surface area (Å²) in [5, 5.41) is 6.79. The number of nitrogens with zero attached hydrogens (tertiary/aromatic N) is 6. The number of benzene rings is 2. The molecule has 1 atom stereocenters. The van der Waals surface area contributed by atoms with Crippen molar-refractivity contribution in [2.75, 3.05) is 23.4 Å². The zero-order valence-electron chi connectivity index (χ0n) is 22.0. The summed E-state index contributed by atoms with van der Waals surface area (Å²) in [7, 11) is 3.24. The third-order valence-electron chi connectivity index (χ3n) is 6.94. The van der Waals surface area contributed by atoms with E-state index in [9.17, 15) is 14.4 Å². The molecule has 4 aromatic rings. The molecule has 0 spiro atoms. The van der Waals surface area contributed by atoms with Gasteiger partial charge in [-0.15, -0.1) is 0 Å². The van der Waals surface area contributed by atoms with E-state index in [-0.39, 0.29) is 23.7 Å². The highest BCUT2D eigenvalue weighted by molar-refractivity contribution is 6.07. The zero-order valence-corrected chi connectivity index (χ0v) is 22.0. The zero-order chi connectivity index (χ0) is 27.1. The molecule has 1 saturated heterocycles. The molecule has 0 unspecified atom stereocenters. The smallest absolute Gasteiger partial charge is 0.350 e. The van der Waals surface area contributed by atoms with Crippen molar-refractivity contribution in [2.45, 2.75) is 26.8 Å². The number of amides is 3. The van der Waals surface area contributed by atoms with Gasteiger partial charge in [-0.1, -0.05) is 12.1 Å². The predicted octanol–water partition coefficient (Wildman–Crippen LogP) is 3.44. The molecule has 1 aliphatic rings. The fourth-order valence-electron chi connectivity index (χ4n) is 4.95. The van der Waals surface area contributed by atoms with E-state index in [0.717, 1.165) is 22.3 Å². The van der Waals surface area contributed by atoms with Gasteiger partial charge in [0.15, 0.2) is 0 Å². The molecule has 0 bridgehead atoms. The van der Waals surface area contributed by atoms with Gasteiger partial charge in [-0.2, -0.15) is 9.78 Å². The highest BCUT2D eigenvalue weighted by Gasteiger charge is 2.38. The van der Waals surface area contributed by atoms with E-state index in [2.05, 4.69) is 15.4 Å². The van der Waals surface area contributed by atoms with Gasteiger partial charge >= 0.3 is 11.7 Å². The number of hydrogen-bond donors (Lipinski definition) is 1. The molecule has 38 heavy (non-hydrogen) atoms. The molecule has 1 aliphatic heterocycles. The van der Waals surface area contributed by atoms with Crippen LogP contribution in [-0.2, 0) is 7.05 Å². The maximum Gasteiger partial charge on any atom is 0.350 e. The summed E-state index contributed by atoms with van der Waals surface area (Å²) in [6.07, 6.45) is 3.19. The summed E-state index contributed by atoms with van der Waals surface area (Å²) in [5.74, 6) is 0.385. The molecule has 5 rings (SSSR count). The van der Waals surface area contributed by atoms with E-state index in [1.165, 1.54) is 15.6 Å². The van der Waals surface area contributed by atoms with Gasteiger partial charge in [-0.3, -0.25) is 19.2 Å². The summed E-state index contributed by atoms with van der Waals surface area (Å²) < 4.78 is 2.79. The normalized spacial score (nSPS) is 15.3. The monoisotopic (exact) mass is 511 g/mol. The lowest BCUT2D eigenvalue weighted by Gasteiger charge is -2.22. The molecule has 3 heterocycles. The highest BCUT2D eigenvalue weighted by Crippen LogP contribution is 2.35. The van der Waals surface area contributed by atoms with E-state index < -0.39 is 0 Å². The van der Waals surface area contributed by atoms with Gasteiger partial charge < -0.3 is 5.32 Å². The molecule has 0 radical (unpaired) electrons. The second kappa shape index (κ2) is 9.62. The van der Waals surface area contributed by atoms with Crippen molar-refractivity contribution in [3.05, 3.63) is 88.2 Å². The first kappa shape index (κ1) is 24.9. The van der Waals surface area contributed by atoms with Gasteiger partial charge in [-0.05, 0) is 79.4 Å². The van der Waals surface area contributed by atoms with Gasteiger partial charge in [0, 0.05) is 38.1 Å². The van der Waals surface area contributed by atoms with Gasteiger partial charge in [0.05, 0.1) is 11.7 Å². The van der Waals surface area contributed by atoms with Crippen LogP contribution in [0.4, 0.5) is 16.3 Å². The third-order valence-corrected chi connectivity index (χ3v) is 6.94. The minimum Gasteiger partial charge on any atom is -0.355 e. The van der Waals surface area contributed by atoms with Crippen LogP contribution < -0.4 is 20.8 Å². The van der Waals surface area contributed by atoms with Crippen LogP contribution in [0.5, 0.6) is 0 Å². The number of anilines is 2. The molecule has 10 nitrogen and oxygen atoms in total. The number of aryl methyl sites for hydroxylation is 2. The Balaban J connectivity index is 1.48. The van der Waals surface area contributed by atoms with Crippen molar-refractivity contribution >= 4 is 23.4 Å². The summed E-state index contributed by atoms with van der Waals surface area (Å²) in [6, 6.07) is 14.4. The fraction of sp³-hybridized carbons (Fsp3) is 0.250. The van der Waals surface area contributed by atoms with Crippen LogP contribution in [-0.4, -0.2) is 50.9 Å². The minimum atomic E-state index is -0.216. The molecular weight excluding hydrogens is 482 g/mol. The number of urea groups is 1. The van der Waals surface area contributed by atoms with Crippen molar-refractivity contribution in [1.82, 2.24) is 24.6 Å². The predicted molar refractivity (Wildman–Crippen MR) is 146 cm³/mol. The maximum atomic E-state index is 13.6. The van der Waals surface area contributed by atoms with Crippen LogP contribution in [0, 0.1) is 13.8 Å². The lowest BCUT2D eigenvalue weighted by molar-refractivity contribution is 0.0963. The topological polar surface area (TPSA) is 105 Å². The van der Waals surface area contributed by atoms with Crippen molar-refractivity contribution in [1.29, 1.82) is 0 Å². The fourth-order valence-corrected chi connectivity index (χ4v) is 4.95. The highest BCUT2D eigenvalue weighted by atomic mass is 16.2. The average molecular weight is 512 g/mol. The Hall–Kier alpha value is -4.73. The molecule has 2 aromatic carbocycles. The van der Waals surface area contributed by atoms with Gasteiger partial charge in [0.2, 0.25) is 0 Å². The number of carbonyl (C=O) groups is 2. The largest absolute Gasteiger partial charge is 0.355 e. The summed E-state index contributed by atoms with van der Waals surface area (Å²) >= 11 is 0. The van der Waals surface area contributed by atoms with Gasteiger partial charge in [0.1, 0.15) is 12.1 Å². The Kier molecular flexibility index (Phi) is 6.31. The number of carbonyl (C=O) groups excluding carboxylic acids is 2. The van der Waals surface area contributed by atoms with Crippen LogP contribution in [0.25, 0.3) is 16.8 Å². The van der Waals surface area contributed by atoms with E-state index in [0.29, 0.717) is 29.3 Å². The Bertz CT molecular complexity index is 1620. The van der Waals surface area contributed by atoms with Crippen molar-refractivity contribution in [2.24, 2.45) is 7.05 Å². The molecule has 1 fully saturated rings. The second-order valence-electron chi connectivity index (χ2n) is 9.48. The summed E-state index contributed by atoms with van der Waals surface area (Å²) in [6.45, 7) is 6.38. The van der Waals surface area contributed by atoms with Crippen LogP contribution in [0.2, 0.25) is 0 Å².